The van der Waals surface area contributed by atoms with Crippen LogP contribution in [0.4, 0.5) is 0 Å². The van der Waals surface area contributed by atoms with Crippen LogP contribution in [0.15, 0.2) is 0 Å². The average Bonchev–Trinajstić information content (AvgIpc) is 2.66. The fourth-order valence-electron chi connectivity index (χ4n) is 3.79. The van der Waals surface area contributed by atoms with Crippen LogP contribution in [0.2, 0.25) is 0 Å². The van der Waals surface area contributed by atoms with Crippen LogP contribution in [0.1, 0.15) is 104 Å². The fourth-order valence-corrected chi connectivity index (χ4v) is 3.79. The predicted molar refractivity (Wildman–Crippen MR) is 109 cm³/mol. The molecule has 2 unspecified atom stereocenters. The lowest BCUT2D eigenvalue weighted by Gasteiger charge is -2.28. The van der Waals surface area contributed by atoms with Crippen LogP contribution in [-0.2, 0) is 19.1 Å². The number of hydrogen-bond acceptors (Lipinski definition) is 4. The van der Waals surface area contributed by atoms with E-state index in [0.29, 0.717) is 13.2 Å². The Morgan fingerprint density at radius 2 is 1.26 bits per heavy atom. The minimum atomic E-state index is -0.303. The highest BCUT2D eigenvalue weighted by Crippen LogP contribution is 2.32. The van der Waals surface area contributed by atoms with Gasteiger partial charge in [-0.15, -0.1) is 0 Å². The van der Waals surface area contributed by atoms with Crippen LogP contribution < -0.4 is 0 Å². The van der Waals surface area contributed by atoms with Gasteiger partial charge in [0.05, 0.1) is 25.0 Å². The smallest absolute Gasteiger partial charge is 0.309 e. The van der Waals surface area contributed by atoms with Crippen molar-refractivity contribution in [2.24, 2.45) is 17.8 Å². The van der Waals surface area contributed by atoms with Crippen LogP contribution in [0.3, 0.4) is 0 Å². The Balaban J connectivity index is 2.26. The number of rotatable bonds is 14. The zero-order valence-corrected chi connectivity index (χ0v) is 18.0. The van der Waals surface area contributed by atoms with Gasteiger partial charge in [0.2, 0.25) is 0 Å². The van der Waals surface area contributed by atoms with Crippen LogP contribution >= 0.6 is 0 Å². The zero-order chi connectivity index (χ0) is 19.9. The van der Waals surface area contributed by atoms with Crippen molar-refractivity contribution >= 4 is 11.9 Å². The summed E-state index contributed by atoms with van der Waals surface area (Å²) < 4.78 is 11.0. The molecular weight excluding hydrogens is 340 g/mol. The highest BCUT2D eigenvalue weighted by molar-refractivity contribution is 5.82. The van der Waals surface area contributed by atoms with E-state index in [2.05, 4.69) is 20.8 Å². The Morgan fingerprint density at radius 3 is 1.74 bits per heavy atom. The van der Waals surface area contributed by atoms with Crippen molar-refractivity contribution in [2.75, 3.05) is 13.2 Å². The van der Waals surface area contributed by atoms with E-state index < -0.39 is 0 Å². The molecule has 1 fully saturated rings. The van der Waals surface area contributed by atoms with Gasteiger partial charge in [0.25, 0.3) is 0 Å². The van der Waals surface area contributed by atoms with Crippen molar-refractivity contribution in [1.82, 2.24) is 0 Å². The first kappa shape index (κ1) is 24.0. The highest BCUT2D eigenvalue weighted by atomic mass is 16.5. The van der Waals surface area contributed by atoms with Gasteiger partial charge in [-0.05, 0) is 31.6 Å². The maximum atomic E-state index is 12.5. The fraction of sp³-hybridized carbons (Fsp3) is 0.913. The molecule has 0 spiro atoms. The van der Waals surface area contributed by atoms with Gasteiger partial charge in [0, 0.05) is 0 Å². The molecule has 0 aliphatic heterocycles. The van der Waals surface area contributed by atoms with Crippen molar-refractivity contribution < 1.29 is 19.1 Å². The van der Waals surface area contributed by atoms with Crippen molar-refractivity contribution in [2.45, 2.75) is 104 Å². The minimum absolute atomic E-state index is 0.190. The molecule has 158 valence electrons. The summed E-state index contributed by atoms with van der Waals surface area (Å²) in [6.07, 6.45) is 13.6. The molecule has 2 atom stereocenters. The molecule has 1 aliphatic carbocycles. The van der Waals surface area contributed by atoms with Gasteiger partial charge in [-0.2, -0.15) is 0 Å². The lowest BCUT2D eigenvalue weighted by Crippen LogP contribution is -2.35. The van der Waals surface area contributed by atoms with Crippen molar-refractivity contribution in [3.05, 3.63) is 0 Å². The van der Waals surface area contributed by atoms with Crippen molar-refractivity contribution in [1.29, 1.82) is 0 Å². The van der Waals surface area contributed by atoms with Crippen LogP contribution in [-0.4, -0.2) is 25.2 Å². The predicted octanol–water partition coefficient (Wildman–Crippen LogP) is 6.07. The molecular formula is C23H42O4. The van der Waals surface area contributed by atoms with E-state index in [1.165, 1.54) is 32.1 Å². The highest BCUT2D eigenvalue weighted by Gasteiger charge is 2.37. The summed E-state index contributed by atoms with van der Waals surface area (Å²) in [5, 5.41) is 0. The maximum absolute atomic E-state index is 12.5. The average molecular weight is 383 g/mol. The molecule has 27 heavy (non-hydrogen) atoms. The summed E-state index contributed by atoms with van der Waals surface area (Å²) in [4.78, 5) is 24.9. The molecule has 1 rings (SSSR count). The number of esters is 2. The van der Waals surface area contributed by atoms with Crippen LogP contribution in [0.5, 0.6) is 0 Å². The number of carbonyl (C=O) groups excluding carboxylic acids is 2. The normalized spacial score (nSPS) is 19.9. The van der Waals surface area contributed by atoms with Gasteiger partial charge in [-0.3, -0.25) is 9.59 Å². The van der Waals surface area contributed by atoms with E-state index in [0.717, 1.165) is 57.3 Å². The first-order valence-electron chi connectivity index (χ1n) is 11.4. The lowest BCUT2D eigenvalue weighted by molar-refractivity contribution is -0.163. The van der Waals surface area contributed by atoms with Gasteiger partial charge < -0.3 is 9.47 Å². The molecule has 0 aromatic heterocycles. The zero-order valence-electron chi connectivity index (χ0n) is 18.0. The monoisotopic (exact) mass is 382 g/mol. The van der Waals surface area contributed by atoms with Gasteiger partial charge in [0.1, 0.15) is 0 Å². The molecule has 0 heterocycles. The molecule has 4 heteroatoms. The molecule has 1 saturated carbocycles. The summed E-state index contributed by atoms with van der Waals surface area (Å²) in [5.41, 5.74) is 0. The minimum Gasteiger partial charge on any atom is -0.465 e. The molecule has 0 bridgehead atoms. The molecule has 0 saturated heterocycles. The van der Waals surface area contributed by atoms with Gasteiger partial charge in [-0.1, -0.05) is 78.6 Å². The first-order valence-corrected chi connectivity index (χ1v) is 11.4. The number of ether oxygens (including phenoxy) is 2. The molecule has 0 radical (unpaired) electrons. The standard InChI is InChI=1S/C23H42O4/c1-4-5-6-12-17-26-22(24)20-15-10-11-16-21(20)23(25)27-18-13-8-7-9-14-19(2)3/h19-21H,4-18H2,1-3H3. The van der Waals surface area contributed by atoms with E-state index in [-0.39, 0.29) is 23.8 Å². The molecule has 0 N–H and O–H groups in total. The third-order valence-corrected chi connectivity index (χ3v) is 5.53. The molecule has 1 aliphatic rings. The Bertz CT molecular complexity index is 405. The van der Waals surface area contributed by atoms with E-state index in [4.69, 9.17) is 9.47 Å². The molecule has 4 nitrogen and oxygen atoms in total. The second kappa shape index (κ2) is 14.9. The van der Waals surface area contributed by atoms with Crippen LogP contribution in [0.25, 0.3) is 0 Å². The Morgan fingerprint density at radius 1 is 0.778 bits per heavy atom. The van der Waals surface area contributed by atoms with E-state index in [9.17, 15) is 9.59 Å². The second-order valence-electron chi connectivity index (χ2n) is 8.49. The number of unbranched alkanes of at least 4 members (excludes halogenated alkanes) is 6. The molecule has 0 aromatic rings. The summed E-state index contributed by atoms with van der Waals surface area (Å²) in [7, 11) is 0. The second-order valence-corrected chi connectivity index (χ2v) is 8.49. The summed E-state index contributed by atoms with van der Waals surface area (Å²) in [6, 6.07) is 0. The third-order valence-electron chi connectivity index (χ3n) is 5.53. The summed E-state index contributed by atoms with van der Waals surface area (Å²) in [6.45, 7) is 7.62. The van der Waals surface area contributed by atoms with Crippen molar-refractivity contribution in [3.8, 4) is 0 Å². The SMILES string of the molecule is CCCCCCOC(=O)C1CCCCC1C(=O)OCCCCCCC(C)C. The van der Waals surface area contributed by atoms with Crippen LogP contribution in [0, 0.1) is 17.8 Å². The van der Waals surface area contributed by atoms with E-state index in [1.807, 2.05) is 0 Å². The van der Waals surface area contributed by atoms with E-state index >= 15 is 0 Å². The number of hydrogen-bond donors (Lipinski definition) is 0. The first-order chi connectivity index (χ1) is 13.1. The lowest BCUT2D eigenvalue weighted by atomic mass is 9.79. The quantitative estimate of drug-likeness (QED) is 0.270. The van der Waals surface area contributed by atoms with Gasteiger partial charge in [0.15, 0.2) is 0 Å². The maximum Gasteiger partial charge on any atom is 0.309 e. The van der Waals surface area contributed by atoms with Gasteiger partial charge >= 0.3 is 11.9 Å². The van der Waals surface area contributed by atoms with E-state index in [1.54, 1.807) is 0 Å². The van der Waals surface area contributed by atoms with Gasteiger partial charge in [-0.25, -0.2) is 0 Å². The van der Waals surface area contributed by atoms with Crippen molar-refractivity contribution in [3.63, 3.8) is 0 Å². The Labute approximate surface area is 166 Å². The molecule has 0 aromatic carbocycles. The Hall–Kier alpha value is -1.06. The third kappa shape index (κ3) is 10.8. The summed E-state index contributed by atoms with van der Waals surface area (Å²) in [5.74, 6) is -0.226. The topological polar surface area (TPSA) is 52.6 Å². The number of carbonyl (C=O) groups is 2. The molecule has 0 amide bonds. The summed E-state index contributed by atoms with van der Waals surface area (Å²) >= 11 is 0. The largest absolute Gasteiger partial charge is 0.465 e. The Kier molecular flexibility index (Phi) is 13.3.